The average molecular weight is 206 g/mol. The maximum absolute atomic E-state index is 11.4. The van der Waals surface area contributed by atoms with E-state index in [2.05, 4.69) is 10.0 Å². The summed E-state index contributed by atoms with van der Waals surface area (Å²) in [5.74, 6) is 0.728. The summed E-state index contributed by atoms with van der Waals surface area (Å²) in [5.41, 5.74) is 0. The number of hydrogen-bond donors (Lipinski definition) is 2. The van der Waals surface area contributed by atoms with Crippen LogP contribution in [0.2, 0.25) is 0 Å². The van der Waals surface area contributed by atoms with Gasteiger partial charge in [0.2, 0.25) is 10.0 Å². The van der Waals surface area contributed by atoms with Crippen molar-refractivity contribution in [2.45, 2.75) is 25.8 Å². The van der Waals surface area contributed by atoms with Crippen LogP contribution in [-0.2, 0) is 10.0 Å². The fourth-order valence-electron chi connectivity index (χ4n) is 1.01. The molecule has 78 valence electrons. The lowest BCUT2D eigenvalue weighted by Crippen LogP contribution is -2.38. The van der Waals surface area contributed by atoms with Gasteiger partial charge in [0.05, 0.1) is 5.75 Å². The largest absolute Gasteiger partial charge is 0.316 e. The highest BCUT2D eigenvalue weighted by molar-refractivity contribution is 7.89. The first kappa shape index (κ1) is 10.9. The lowest BCUT2D eigenvalue weighted by molar-refractivity contribution is 0.552. The Hall–Kier alpha value is -0.130. The lowest BCUT2D eigenvalue weighted by Gasteiger charge is -2.11. The Morgan fingerprint density at radius 3 is 2.54 bits per heavy atom. The molecule has 2 N–H and O–H groups in total. The van der Waals surface area contributed by atoms with Crippen LogP contribution in [0.25, 0.3) is 0 Å². The van der Waals surface area contributed by atoms with Crippen molar-refractivity contribution in [1.29, 1.82) is 0 Å². The van der Waals surface area contributed by atoms with Crippen molar-refractivity contribution in [2.24, 2.45) is 5.92 Å². The van der Waals surface area contributed by atoms with E-state index in [0.717, 1.165) is 12.8 Å². The van der Waals surface area contributed by atoms with Crippen LogP contribution in [0.5, 0.6) is 0 Å². The molecule has 1 fully saturated rings. The van der Waals surface area contributed by atoms with E-state index in [9.17, 15) is 8.42 Å². The standard InChI is InChI=1S/C8H18N2O2S/c1-7(9-2)5-10-13(11,12)6-8-3-4-8/h7-10H,3-6H2,1-2H3. The lowest BCUT2D eigenvalue weighted by atomic mass is 10.4. The quantitative estimate of drug-likeness (QED) is 0.639. The zero-order chi connectivity index (χ0) is 9.90. The van der Waals surface area contributed by atoms with Crippen LogP contribution < -0.4 is 10.0 Å². The highest BCUT2D eigenvalue weighted by Crippen LogP contribution is 2.29. The molecule has 0 aromatic rings. The van der Waals surface area contributed by atoms with Crippen molar-refractivity contribution in [3.8, 4) is 0 Å². The summed E-state index contributed by atoms with van der Waals surface area (Å²) in [6.45, 7) is 2.42. The van der Waals surface area contributed by atoms with Crippen molar-refractivity contribution >= 4 is 10.0 Å². The summed E-state index contributed by atoms with van der Waals surface area (Å²) in [6.07, 6.45) is 2.14. The van der Waals surface area contributed by atoms with Gasteiger partial charge in [-0.3, -0.25) is 0 Å². The van der Waals surface area contributed by atoms with Crippen LogP contribution in [-0.4, -0.2) is 33.8 Å². The molecule has 1 atom stereocenters. The molecule has 13 heavy (non-hydrogen) atoms. The first-order valence-electron chi connectivity index (χ1n) is 4.68. The second-order valence-electron chi connectivity index (χ2n) is 3.76. The molecule has 0 saturated heterocycles. The van der Waals surface area contributed by atoms with Crippen LogP contribution in [0, 0.1) is 5.92 Å². The topological polar surface area (TPSA) is 58.2 Å². The Morgan fingerprint density at radius 2 is 2.08 bits per heavy atom. The van der Waals surface area contributed by atoms with E-state index in [1.54, 1.807) is 0 Å². The third kappa shape index (κ3) is 4.59. The molecule has 0 aliphatic heterocycles. The van der Waals surface area contributed by atoms with Gasteiger partial charge in [0.1, 0.15) is 0 Å². The Bertz CT molecular complexity index is 247. The Balaban J connectivity index is 2.24. The predicted octanol–water partition coefficient (Wildman–Crippen LogP) is -0.0763. The van der Waals surface area contributed by atoms with Gasteiger partial charge in [-0.1, -0.05) is 0 Å². The molecule has 4 nitrogen and oxygen atoms in total. The zero-order valence-corrected chi connectivity index (χ0v) is 9.02. The number of hydrogen-bond acceptors (Lipinski definition) is 3. The smallest absolute Gasteiger partial charge is 0.211 e. The molecule has 0 radical (unpaired) electrons. The summed E-state index contributed by atoms with van der Waals surface area (Å²) >= 11 is 0. The first-order valence-corrected chi connectivity index (χ1v) is 6.33. The van der Waals surface area contributed by atoms with Gasteiger partial charge < -0.3 is 5.32 Å². The fraction of sp³-hybridized carbons (Fsp3) is 1.00. The molecule has 1 unspecified atom stereocenters. The molecular weight excluding hydrogens is 188 g/mol. The maximum Gasteiger partial charge on any atom is 0.211 e. The van der Waals surface area contributed by atoms with E-state index >= 15 is 0 Å². The second-order valence-corrected chi connectivity index (χ2v) is 5.61. The van der Waals surface area contributed by atoms with Crippen molar-refractivity contribution in [2.75, 3.05) is 19.3 Å². The van der Waals surface area contributed by atoms with E-state index in [4.69, 9.17) is 0 Å². The van der Waals surface area contributed by atoms with Crippen molar-refractivity contribution < 1.29 is 8.42 Å². The van der Waals surface area contributed by atoms with Gasteiger partial charge >= 0.3 is 0 Å². The van der Waals surface area contributed by atoms with Crippen LogP contribution in [0.3, 0.4) is 0 Å². The highest BCUT2D eigenvalue weighted by Gasteiger charge is 2.27. The minimum absolute atomic E-state index is 0.189. The number of sulfonamides is 1. The van der Waals surface area contributed by atoms with Gasteiger partial charge in [0.25, 0.3) is 0 Å². The normalized spacial score (nSPS) is 20.2. The monoisotopic (exact) mass is 206 g/mol. The van der Waals surface area contributed by atoms with Gasteiger partial charge in [-0.15, -0.1) is 0 Å². The molecule has 1 rings (SSSR count). The third-order valence-corrected chi connectivity index (χ3v) is 3.77. The third-order valence-electron chi connectivity index (χ3n) is 2.25. The summed E-state index contributed by atoms with van der Waals surface area (Å²) in [5, 5.41) is 2.98. The summed E-state index contributed by atoms with van der Waals surface area (Å²) in [4.78, 5) is 0. The van der Waals surface area contributed by atoms with Gasteiger partial charge in [0, 0.05) is 12.6 Å². The molecule has 1 saturated carbocycles. The molecule has 0 aromatic heterocycles. The van der Waals surface area contributed by atoms with E-state index < -0.39 is 10.0 Å². The van der Waals surface area contributed by atoms with Crippen LogP contribution >= 0.6 is 0 Å². The molecule has 0 bridgehead atoms. The molecule has 0 spiro atoms. The predicted molar refractivity (Wildman–Crippen MR) is 53.0 cm³/mol. The van der Waals surface area contributed by atoms with Crippen molar-refractivity contribution in [3.63, 3.8) is 0 Å². The SMILES string of the molecule is CNC(C)CNS(=O)(=O)CC1CC1. The molecule has 0 aromatic carbocycles. The minimum Gasteiger partial charge on any atom is -0.316 e. The molecule has 0 heterocycles. The van der Waals surface area contributed by atoms with Crippen molar-refractivity contribution in [1.82, 2.24) is 10.0 Å². The van der Waals surface area contributed by atoms with E-state index in [-0.39, 0.29) is 6.04 Å². The molecule has 1 aliphatic rings. The number of likely N-dealkylation sites (N-methyl/N-ethyl adjacent to an activating group) is 1. The summed E-state index contributed by atoms with van der Waals surface area (Å²) in [6, 6.07) is 0.189. The van der Waals surface area contributed by atoms with Gasteiger partial charge in [-0.25, -0.2) is 13.1 Å². The molecule has 0 amide bonds. The van der Waals surface area contributed by atoms with E-state index in [1.807, 2.05) is 14.0 Å². The van der Waals surface area contributed by atoms with Gasteiger partial charge in [0.15, 0.2) is 0 Å². The van der Waals surface area contributed by atoms with Gasteiger partial charge in [-0.05, 0) is 32.7 Å². The Kier molecular flexibility index (Phi) is 3.70. The van der Waals surface area contributed by atoms with E-state index in [1.165, 1.54) is 0 Å². The van der Waals surface area contributed by atoms with Crippen LogP contribution in [0.1, 0.15) is 19.8 Å². The fourth-order valence-corrected chi connectivity index (χ4v) is 2.58. The Morgan fingerprint density at radius 1 is 1.46 bits per heavy atom. The average Bonchev–Trinajstić information content (AvgIpc) is 2.83. The first-order chi connectivity index (χ1) is 6.03. The van der Waals surface area contributed by atoms with Crippen LogP contribution in [0.15, 0.2) is 0 Å². The number of nitrogens with one attached hydrogen (secondary N) is 2. The Labute approximate surface area is 80.1 Å². The minimum atomic E-state index is -3.01. The summed E-state index contributed by atoms with van der Waals surface area (Å²) < 4.78 is 25.3. The van der Waals surface area contributed by atoms with E-state index in [0.29, 0.717) is 18.2 Å². The van der Waals surface area contributed by atoms with Crippen molar-refractivity contribution in [3.05, 3.63) is 0 Å². The van der Waals surface area contributed by atoms with Gasteiger partial charge in [-0.2, -0.15) is 0 Å². The number of rotatable bonds is 6. The van der Waals surface area contributed by atoms with Crippen LogP contribution in [0.4, 0.5) is 0 Å². The maximum atomic E-state index is 11.4. The second kappa shape index (κ2) is 4.39. The molecule has 5 heteroatoms. The summed E-state index contributed by atoms with van der Waals surface area (Å²) in [7, 11) is -1.19. The molecular formula is C8H18N2O2S. The zero-order valence-electron chi connectivity index (χ0n) is 8.21. The molecule has 1 aliphatic carbocycles. The highest BCUT2D eigenvalue weighted by atomic mass is 32.2.